The first kappa shape index (κ1) is 10.2. The van der Waals surface area contributed by atoms with Gasteiger partial charge in [-0.1, -0.05) is 0 Å². The van der Waals surface area contributed by atoms with E-state index < -0.39 is 5.97 Å². The van der Waals surface area contributed by atoms with Crippen molar-refractivity contribution >= 4 is 11.8 Å². The van der Waals surface area contributed by atoms with Crippen LogP contribution in [0.2, 0.25) is 0 Å². The Morgan fingerprint density at radius 1 is 1.38 bits per heavy atom. The fraction of sp³-hybridized carbons (Fsp3) is 0.778. The summed E-state index contributed by atoms with van der Waals surface area (Å²) >= 11 is 0. The molecule has 0 aromatic carbocycles. The molecule has 0 aromatic rings. The van der Waals surface area contributed by atoms with Crippen molar-refractivity contribution in [1.29, 1.82) is 0 Å². The number of hydrogen-bond donors (Lipinski definition) is 2. The molecule has 74 valence electrons. The van der Waals surface area contributed by atoms with Crippen LogP contribution < -0.4 is 5.32 Å². The van der Waals surface area contributed by atoms with E-state index in [4.69, 9.17) is 5.11 Å². The highest BCUT2D eigenvalue weighted by Crippen LogP contribution is 2.09. The number of carboxylic acid groups (broad SMARTS) is 1. The maximum Gasteiger partial charge on any atom is 0.303 e. The van der Waals surface area contributed by atoms with Crippen molar-refractivity contribution in [2.75, 3.05) is 6.54 Å². The van der Waals surface area contributed by atoms with Crippen molar-refractivity contribution in [2.24, 2.45) is 0 Å². The number of rotatable bonds is 5. The number of aliphatic carboxylic acids is 1. The third-order valence-corrected chi connectivity index (χ3v) is 2.26. The summed E-state index contributed by atoms with van der Waals surface area (Å²) in [5.74, 6) is -0.661. The second-order valence-corrected chi connectivity index (χ2v) is 3.36. The van der Waals surface area contributed by atoms with Crippen LogP contribution in [-0.2, 0) is 9.59 Å². The average molecular weight is 185 g/mol. The number of Topliss-reactive ketones (excluding diaryl/α,β-unsaturated/α-hetero) is 1. The number of hydrogen-bond acceptors (Lipinski definition) is 3. The van der Waals surface area contributed by atoms with E-state index in [0.29, 0.717) is 12.8 Å². The van der Waals surface area contributed by atoms with Crippen LogP contribution in [0.4, 0.5) is 0 Å². The van der Waals surface area contributed by atoms with Gasteiger partial charge in [-0.3, -0.25) is 9.59 Å². The number of carbonyl (C=O) groups is 2. The Balaban J connectivity index is 2.13. The SMILES string of the molecule is O=C(O)CCCC(=O)[C@@H]1CCCN1. The van der Waals surface area contributed by atoms with Crippen LogP contribution in [0, 0.1) is 0 Å². The Labute approximate surface area is 77.3 Å². The van der Waals surface area contributed by atoms with Gasteiger partial charge in [0.15, 0.2) is 0 Å². The molecule has 0 aliphatic carbocycles. The lowest BCUT2D eigenvalue weighted by Gasteiger charge is -2.07. The van der Waals surface area contributed by atoms with Crippen LogP contribution in [0.25, 0.3) is 0 Å². The van der Waals surface area contributed by atoms with Crippen molar-refractivity contribution in [3.8, 4) is 0 Å². The quantitative estimate of drug-likeness (QED) is 0.657. The lowest BCUT2D eigenvalue weighted by Crippen LogP contribution is -2.30. The fourth-order valence-electron chi connectivity index (χ4n) is 1.55. The van der Waals surface area contributed by atoms with Gasteiger partial charge in [0.25, 0.3) is 0 Å². The maximum atomic E-state index is 11.4. The summed E-state index contributed by atoms with van der Waals surface area (Å²) in [6, 6.07) is -0.00575. The van der Waals surface area contributed by atoms with E-state index >= 15 is 0 Å². The third kappa shape index (κ3) is 3.55. The summed E-state index contributed by atoms with van der Waals surface area (Å²) < 4.78 is 0. The van der Waals surface area contributed by atoms with Gasteiger partial charge in [-0.15, -0.1) is 0 Å². The highest BCUT2D eigenvalue weighted by Gasteiger charge is 2.21. The van der Waals surface area contributed by atoms with Crippen LogP contribution in [-0.4, -0.2) is 29.4 Å². The molecule has 1 saturated heterocycles. The summed E-state index contributed by atoms with van der Waals surface area (Å²) in [5.41, 5.74) is 0. The molecule has 0 spiro atoms. The molecule has 0 unspecified atom stereocenters. The molecule has 0 amide bonds. The molecule has 0 bridgehead atoms. The molecule has 0 aromatic heterocycles. The molecule has 1 aliphatic heterocycles. The zero-order valence-electron chi connectivity index (χ0n) is 7.58. The van der Waals surface area contributed by atoms with Crippen molar-refractivity contribution < 1.29 is 14.7 Å². The molecule has 13 heavy (non-hydrogen) atoms. The predicted octanol–water partition coefficient (Wildman–Crippen LogP) is 0.562. The normalized spacial score (nSPS) is 21.7. The van der Waals surface area contributed by atoms with Gasteiger partial charge < -0.3 is 10.4 Å². The molecule has 1 fully saturated rings. The van der Waals surface area contributed by atoms with Crippen molar-refractivity contribution in [3.63, 3.8) is 0 Å². The summed E-state index contributed by atoms with van der Waals surface area (Å²) in [4.78, 5) is 21.5. The fourth-order valence-corrected chi connectivity index (χ4v) is 1.55. The van der Waals surface area contributed by atoms with Gasteiger partial charge in [0, 0.05) is 12.8 Å². The second kappa shape index (κ2) is 4.97. The van der Waals surface area contributed by atoms with E-state index in [-0.39, 0.29) is 18.2 Å². The Morgan fingerprint density at radius 2 is 2.15 bits per heavy atom. The van der Waals surface area contributed by atoms with Crippen molar-refractivity contribution in [1.82, 2.24) is 5.32 Å². The van der Waals surface area contributed by atoms with E-state index in [1.54, 1.807) is 0 Å². The van der Waals surface area contributed by atoms with Gasteiger partial charge in [-0.2, -0.15) is 0 Å². The highest BCUT2D eigenvalue weighted by molar-refractivity contribution is 5.84. The minimum Gasteiger partial charge on any atom is -0.481 e. The molecule has 4 nitrogen and oxygen atoms in total. The molecule has 1 aliphatic rings. The van der Waals surface area contributed by atoms with Gasteiger partial charge in [0.1, 0.15) is 5.78 Å². The highest BCUT2D eigenvalue weighted by atomic mass is 16.4. The monoisotopic (exact) mass is 185 g/mol. The Hall–Kier alpha value is -0.900. The minimum atomic E-state index is -0.827. The van der Waals surface area contributed by atoms with Crippen molar-refractivity contribution in [3.05, 3.63) is 0 Å². The largest absolute Gasteiger partial charge is 0.481 e. The first-order valence-corrected chi connectivity index (χ1v) is 4.68. The zero-order chi connectivity index (χ0) is 9.68. The van der Waals surface area contributed by atoms with Crippen molar-refractivity contribution in [2.45, 2.75) is 38.1 Å². The molecule has 1 rings (SSSR count). The van der Waals surface area contributed by atoms with Gasteiger partial charge >= 0.3 is 5.97 Å². The van der Waals surface area contributed by atoms with E-state index in [1.807, 2.05) is 0 Å². The Kier molecular flexibility index (Phi) is 3.89. The third-order valence-electron chi connectivity index (χ3n) is 2.26. The van der Waals surface area contributed by atoms with Crippen LogP contribution in [0.5, 0.6) is 0 Å². The van der Waals surface area contributed by atoms with E-state index in [1.165, 1.54) is 0 Å². The summed E-state index contributed by atoms with van der Waals surface area (Å²) in [5, 5.41) is 11.5. The van der Waals surface area contributed by atoms with Gasteiger partial charge in [-0.05, 0) is 25.8 Å². The number of carbonyl (C=O) groups excluding carboxylic acids is 1. The maximum absolute atomic E-state index is 11.4. The van der Waals surface area contributed by atoms with Gasteiger partial charge in [0.2, 0.25) is 0 Å². The summed E-state index contributed by atoms with van der Waals surface area (Å²) in [7, 11) is 0. The van der Waals surface area contributed by atoms with Crippen LogP contribution >= 0.6 is 0 Å². The topological polar surface area (TPSA) is 66.4 Å². The van der Waals surface area contributed by atoms with Crippen LogP contribution in [0.15, 0.2) is 0 Å². The summed E-state index contributed by atoms with van der Waals surface area (Å²) in [6.07, 6.45) is 2.91. The molecule has 1 atom stereocenters. The Morgan fingerprint density at radius 3 is 2.69 bits per heavy atom. The smallest absolute Gasteiger partial charge is 0.303 e. The Bertz CT molecular complexity index is 197. The summed E-state index contributed by atoms with van der Waals surface area (Å²) in [6.45, 7) is 0.912. The lowest BCUT2D eigenvalue weighted by molar-refractivity contribution is -0.137. The lowest BCUT2D eigenvalue weighted by atomic mass is 10.1. The number of ketones is 1. The number of nitrogens with one attached hydrogen (secondary N) is 1. The van der Waals surface area contributed by atoms with Gasteiger partial charge in [0.05, 0.1) is 6.04 Å². The molecule has 1 heterocycles. The molecular formula is C9H15NO3. The van der Waals surface area contributed by atoms with Crippen LogP contribution in [0.3, 0.4) is 0 Å². The minimum absolute atomic E-state index is 0.00575. The molecular weight excluding hydrogens is 170 g/mol. The van der Waals surface area contributed by atoms with E-state index in [0.717, 1.165) is 19.4 Å². The zero-order valence-corrected chi connectivity index (χ0v) is 7.58. The first-order valence-electron chi connectivity index (χ1n) is 4.68. The van der Waals surface area contributed by atoms with E-state index in [2.05, 4.69) is 5.32 Å². The molecule has 2 N–H and O–H groups in total. The van der Waals surface area contributed by atoms with Crippen LogP contribution in [0.1, 0.15) is 32.1 Å². The second-order valence-electron chi connectivity index (χ2n) is 3.36. The average Bonchev–Trinajstić information content (AvgIpc) is 2.55. The molecule has 4 heteroatoms. The molecule has 0 radical (unpaired) electrons. The molecule has 0 saturated carbocycles. The van der Waals surface area contributed by atoms with Gasteiger partial charge in [-0.25, -0.2) is 0 Å². The first-order chi connectivity index (χ1) is 6.20. The standard InChI is InChI=1S/C9H15NO3/c11-8(4-1-5-9(12)13)7-3-2-6-10-7/h7,10H,1-6H2,(H,12,13)/t7-/m0/s1. The van der Waals surface area contributed by atoms with E-state index in [9.17, 15) is 9.59 Å². The predicted molar refractivity (Wildman–Crippen MR) is 47.5 cm³/mol. The number of carboxylic acids is 1.